The average Bonchev–Trinajstić information content (AvgIpc) is 2.90. The first-order chi connectivity index (χ1) is 19.5. The van der Waals surface area contributed by atoms with Crippen LogP contribution in [0.1, 0.15) is 112 Å². The minimum absolute atomic E-state index is 0.0479. The molecule has 1 saturated heterocycles. The van der Waals surface area contributed by atoms with Gasteiger partial charge in [0.05, 0.1) is 5.41 Å². The third kappa shape index (κ3) is 5.09. The molecule has 1 aromatic carbocycles. The van der Waals surface area contributed by atoms with E-state index in [4.69, 9.17) is 4.74 Å². The van der Waals surface area contributed by atoms with Crippen molar-refractivity contribution in [1.82, 2.24) is 0 Å². The van der Waals surface area contributed by atoms with Gasteiger partial charge in [-0.25, -0.2) is 0 Å². The molecule has 4 rings (SSSR count). The zero-order valence-electron chi connectivity index (χ0n) is 27.4. The van der Waals surface area contributed by atoms with E-state index in [1.165, 1.54) is 11.1 Å². The number of carbonyl (C=O) groups is 3. The molecule has 1 heterocycles. The highest BCUT2D eigenvalue weighted by atomic mass is 16.5. The van der Waals surface area contributed by atoms with Gasteiger partial charge >= 0.3 is 0 Å². The largest absolute Gasteiger partial charge is 0.490 e. The van der Waals surface area contributed by atoms with Crippen molar-refractivity contribution < 1.29 is 19.1 Å². The molecule has 1 saturated carbocycles. The van der Waals surface area contributed by atoms with E-state index in [2.05, 4.69) is 53.7 Å². The minimum atomic E-state index is -1.36. The molecule has 2 bridgehead atoms. The summed E-state index contributed by atoms with van der Waals surface area (Å²) in [6.07, 6.45) is 9.44. The van der Waals surface area contributed by atoms with Crippen LogP contribution in [0.4, 0.5) is 0 Å². The van der Waals surface area contributed by atoms with Gasteiger partial charge in [-0.15, -0.1) is 0 Å². The Morgan fingerprint density at radius 3 is 1.88 bits per heavy atom. The number of carbonyl (C=O) groups excluding carboxylic acids is 3. The van der Waals surface area contributed by atoms with Crippen LogP contribution < -0.4 is 0 Å². The first-order valence-corrected chi connectivity index (χ1v) is 15.5. The Hall–Kier alpha value is -3.01. The number of benzene rings is 1. The molecule has 2 fully saturated rings. The maximum Gasteiger partial charge on any atom is 0.200 e. The lowest BCUT2D eigenvalue weighted by Crippen LogP contribution is -2.69. The van der Waals surface area contributed by atoms with Crippen molar-refractivity contribution in [2.75, 3.05) is 0 Å². The predicted octanol–water partition coefficient (Wildman–Crippen LogP) is 9.18. The van der Waals surface area contributed by atoms with Gasteiger partial charge in [0.25, 0.3) is 0 Å². The molecule has 0 N–H and O–H groups in total. The van der Waals surface area contributed by atoms with Crippen LogP contribution in [0.3, 0.4) is 0 Å². The summed E-state index contributed by atoms with van der Waals surface area (Å²) < 4.78 is 6.86. The van der Waals surface area contributed by atoms with Gasteiger partial charge in [0.15, 0.2) is 17.3 Å². The molecular formula is C38H50O4. The van der Waals surface area contributed by atoms with Crippen molar-refractivity contribution in [3.63, 3.8) is 0 Å². The van der Waals surface area contributed by atoms with Crippen LogP contribution in [0.2, 0.25) is 0 Å². The Bertz CT molecular complexity index is 1380. The smallest absolute Gasteiger partial charge is 0.200 e. The minimum Gasteiger partial charge on any atom is -0.490 e. The van der Waals surface area contributed by atoms with Crippen LogP contribution in [0, 0.1) is 28.1 Å². The molecule has 3 aliphatic rings. The molecule has 0 amide bonds. The lowest BCUT2D eigenvalue weighted by Gasteiger charge is -2.64. The van der Waals surface area contributed by atoms with Crippen LogP contribution >= 0.6 is 0 Å². The third-order valence-electron chi connectivity index (χ3n) is 10.5. The number of fused-ring (bicyclic) bond motifs is 1. The van der Waals surface area contributed by atoms with Gasteiger partial charge in [0, 0.05) is 11.5 Å². The molecule has 1 spiro atoms. The number of ether oxygens (including phenoxy) is 1. The first kappa shape index (κ1) is 31.9. The highest BCUT2D eigenvalue weighted by Gasteiger charge is 2.74. The van der Waals surface area contributed by atoms with E-state index in [9.17, 15) is 4.79 Å². The Morgan fingerprint density at radius 2 is 1.33 bits per heavy atom. The number of allylic oxidation sites excluding steroid dienone is 8. The second-order valence-corrected chi connectivity index (χ2v) is 14.8. The predicted molar refractivity (Wildman–Crippen MR) is 170 cm³/mol. The van der Waals surface area contributed by atoms with Crippen LogP contribution in [0.25, 0.3) is 0 Å². The third-order valence-corrected chi connectivity index (χ3v) is 10.5. The van der Waals surface area contributed by atoms with Crippen molar-refractivity contribution in [2.24, 2.45) is 28.1 Å². The molecule has 1 aliphatic heterocycles. The summed E-state index contributed by atoms with van der Waals surface area (Å²) >= 11 is 0. The van der Waals surface area contributed by atoms with E-state index in [0.717, 1.165) is 18.4 Å². The van der Waals surface area contributed by atoms with Crippen molar-refractivity contribution in [2.45, 2.75) is 107 Å². The maximum atomic E-state index is 15.3. The highest BCUT2D eigenvalue weighted by molar-refractivity contribution is 6.35. The van der Waals surface area contributed by atoms with E-state index in [1.807, 2.05) is 52.0 Å². The van der Waals surface area contributed by atoms with Gasteiger partial charge < -0.3 is 4.74 Å². The summed E-state index contributed by atoms with van der Waals surface area (Å²) in [6.45, 7) is 20.6. The molecule has 226 valence electrons. The van der Waals surface area contributed by atoms with Crippen molar-refractivity contribution in [3.05, 3.63) is 82.2 Å². The molecule has 42 heavy (non-hydrogen) atoms. The molecule has 1 aromatic rings. The summed E-state index contributed by atoms with van der Waals surface area (Å²) in [4.78, 5) is 44.8. The van der Waals surface area contributed by atoms with Gasteiger partial charge in [-0.1, -0.05) is 79.1 Å². The van der Waals surface area contributed by atoms with Gasteiger partial charge in [0.2, 0.25) is 0 Å². The Kier molecular flexibility index (Phi) is 8.54. The topological polar surface area (TPSA) is 60.4 Å². The Morgan fingerprint density at radius 1 is 0.810 bits per heavy atom. The zero-order chi connectivity index (χ0) is 31.3. The Balaban J connectivity index is 2.08. The second kappa shape index (κ2) is 11.2. The fourth-order valence-electron chi connectivity index (χ4n) is 7.64. The van der Waals surface area contributed by atoms with Crippen LogP contribution in [-0.2, 0) is 14.3 Å². The first-order valence-electron chi connectivity index (χ1n) is 15.5. The fraction of sp³-hybridized carbons (Fsp3) is 0.553. The summed E-state index contributed by atoms with van der Waals surface area (Å²) in [5.74, 6) is -0.325. The van der Waals surface area contributed by atoms with Crippen molar-refractivity contribution in [3.8, 4) is 0 Å². The fourth-order valence-corrected chi connectivity index (χ4v) is 7.64. The summed E-state index contributed by atoms with van der Waals surface area (Å²) in [6, 6.07) is 8.98. The van der Waals surface area contributed by atoms with Gasteiger partial charge in [-0.3, -0.25) is 14.4 Å². The number of hydrogen-bond acceptors (Lipinski definition) is 4. The number of Topliss-reactive ketones (excluding diaryl/α,β-unsaturated/α-hetero) is 3. The molecule has 2 aliphatic carbocycles. The van der Waals surface area contributed by atoms with Crippen LogP contribution in [0.5, 0.6) is 0 Å². The lowest BCUT2D eigenvalue weighted by atomic mass is 9.39. The normalized spacial score (nSPS) is 29.2. The second-order valence-electron chi connectivity index (χ2n) is 14.8. The van der Waals surface area contributed by atoms with Gasteiger partial charge in [0.1, 0.15) is 22.3 Å². The molecular weight excluding hydrogens is 520 g/mol. The molecule has 0 radical (unpaired) electrons. The van der Waals surface area contributed by atoms with E-state index < -0.39 is 21.8 Å². The van der Waals surface area contributed by atoms with Crippen LogP contribution in [-0.4, -0.2) is 23.0 Å². The van der Waals surface area contributed by atoms with Crippen molar-refractivity contribution >= 4 is 17.3 Å². The Labute approximate surface area is 253 Å². The highest BCUT2D eigenvalue weighted by Crippen LogP contribution is 2.69. The van der Waals surface area contributed by atoms with Gasteiger partial charge in [-0.05, 0) is 98.8 Å². The molecule has 4 atom stereocenters. The summed E-state index contributed by atoms with van der Waals surface area (Å²) in [7, 11) is 0. The van der Waals surface area contributed by atoms with E-state index in [0.29, 0.717) is 24.2 Å². The SMILES string of the molecule is CC(C)=CC[C@H]1C[C@@]23C[C@@H](CC=C(C)C)C(C)(C)[C@@](CC=C(C)C)(C(=O)C(C(=O)c4ccccc4)=C2OC1(C)C)C3=O. The maximum absolute atomic E-state index is 15.3. The number of ketones is 3. The molecule has 4 heteroatoms. The van der Waals surface area contributed by atoms with Crippen LogP contribution in [0.15, 0.2) is 76.6 Å². The summed E-state index contributed by atoms with van der Waals surface area (Å²) in [5, 5.41) is 0. The molecule has 0 unspecified atom stereocenters. The van der Waals surface area contributed by atoms with E-state index in [1.54, 1.807) is 12.1 Å². The van der Waals surface area contributed by atoms with Gasteiger partial charge in [-0.2, -0.15) is 0 Å². The number of hydrogen-bond donors (Lipinski definition) is 0. The van der Waals surface area contributed by atoms with Crippen molar-refractivity contribution in [1.29, 1.82) is 0 Å². The number of rotatable bonds is 8. The average molecular weight is 571 g/mol. The summed E-state index contributed by atoms with van der Waals surface area (Å²) in [5.41, 5.74) is 0.289. The standard InChI is InChI=1S/C38H50O4/c1-24(2)16-18-28-22-37-23-29(19-17-25(3)4)36(9,10)42-33(37)30(31(39)27-14-12-11-13-15-27)32(40)38(34(37)41,35(28,7)8)21-20-26(5)6/h11-17,20,28-29H,18-19,21-23H2,1-10H3/t28-,29+,37+,38+/m1/s1. The molecule has 0 aromatic heterocycles. The van der Waals surface area contributed by atoms with E-state index in [-0.39, 0.29) is 41.2 Å². The van der Waals surface area contributed by atoms with E-state index >= 15 is 9.59 Å². The monoisotopic (exact) mass is 570 g/mol. The quantitative estimate of drug-likeness (QED) is 0.135. The molecule has 4 nitrogen and oxygen atoms in total. The lowest BCUT2D eigenvalue weighted by molar-refractivity contribution is -0.188. The zero-order valence-corrected chi connectivity index (χ0v) is 27.4.